The molecule has 0 aromatic heterocycles. The van der Waals surface area contributed by atoms with Gasteiger partial charge in [0, 0.05) is 17.3 Å². The average molecular weight is 255 g/mol. The molecule has 0 radical (unpaired) electrons. The average Bonchev–Trinajstić information content (AvgIpc) is 2.75. The summed E-state index contributed by atoms with van der Waals surface area (Å²) in [6.45, 7) is 8.45. The Morgan fingerprint density at radius 1 is 1.29 bits per heavy atom. The Kier molecular flexibility index (Phi) is 4.82. The highest BCUT2D eigenvalue weighted by molar-refractivity contribution is 8.00. The summed E-state index contributed by atoms with van der Waals surface area (Å²) < 4.78 is 0.533. The molecule has 1 aliphatic carbocycles. The molecule has 1 heterocycles. The normalized spacial score (nSPS) is 38.8. The molecule has 100 valence electrons. The number of hydrogen-bond acceptors (Lipinski definition) is 2. The lowest BCUT2D eigenvalue weighted by Crippen LogP contribution is -2.42. The van der Waals surface area contributed by atoms with E-state index in [1.807, 2.05) is 0 Å². The fraction of sp³-hybridized carbons (Fsp3) is 1.00. The van der Waals surface area contributed by atoms with Gasteiger partial charge in [-0.05, 0) is 50.2 Å². The maximum absolute atomic E-state index is 3.87. The molecular formula is C15H29NS. The summed E-state index contributed by atoms with van der Waals surface area (Å²) in [4.78, 5) is 0. The van der Waals surface area contributed by atoms with Gasteiger partial charge in [0.25, 0.3) is 0 Å². The molecule has 1 saturated carbocycles. The predicted molar refractivity (Wildman–Crippen MR) is 78.7 cm³/mol. The maximum atomic E-state index is 3.87. The Labute approximate surface area is 112 Å². The molecule has 0 bridgehead atoms. The van der Waals surface area contributed by atoms with Crippen LogP contribution in [0, 0.1) is 11.8 Å². The highest BCUT2D eigenvalue weighted by atomic mass is 32.2. The van der Waals surface area contributed by atoms with Crippen LogP contribution in [0.1, 0.15) is 59.3 Å². The largest absolute Gasteiger partial charge is 0.313 e. The van der Waals surface area contributed by atoms with E-state index in [2.05, 4.69) is 37.8 Å². The SMILES string of the molecule is CC(C)C1CCCC(NCC2(C)CCCS2)C1. The molecule has 1 nitrogen and oxygen atoms in total. The topological polar surface area (TPSA) is 12.0 Å². The molecule has 1 aliphatic heterocycles. The maximum Gasteiger partial charge on any atom is 0.0256 e. The van der Waals surface area contributed by atoms with Crippen LogP contribution in [0.3, 0.4) is 0 Å². The van der Waals surface area contributed by atoms with Crippen molar-refractivity contribution in [2.24, 2.45) is 11.8 Å². The third-order valence-corrected chi connectivity index (χ3v) is 6.26. The minimum Gasteiger partial charge on any atom is -0.313 e. The van der Waals surface area contributed by atoms with Crippen LogP contribution in [0.25, 0.3) is 0 Å². The molecule has 1 saturated heterocycles. The zero-order chi connectivity index (χ0) is 12.3. The minimum atomic E-state index is 0.533. The first-order chi connectivity index (χ1) is 8.09. The molecule has 2 rings (SSSR count). The van der Waals surface area contributed by atoms with Crippen LogP contribution < -0.4 is 5.32 Å². The van der Waals surface area contributed by atoms with Crippen LogP contribution in [0.4, 0.5) is 0 Å². The Hall–Kier alpha value is 0.310. The smallest absolute Gasteiger partial charge is 0.0256 e. The van der Waals surface area contributed by atoms with Gasteiger partial charge in [0.2, 0.25) is 0 Å². The standard InChI is InChI=1S/C15H29NS/c1-12(2)13-6-4-7-14(10-13)16-11-15(3)8-5-9-17-15/h12-14,16H,4-11H2,1-3H3. The molecule has 0 aromatic carbocycles. The predicted octanol–water partition coefficient (Wildman–Crippen LogP) is 4.08. The molecule has 0 aromatic rings. The van der Waals surface area contributed by atoms with E-state index in [-0.39, 0.29) is 0 Å². The molecule has 17 heavy (non-hydrogen) atoms. The summed E-state index contributed by atoms with van der Waals surface area (Å²) in [7, 11) is 0. The van der Waals surface area contributed by atoms with Crippen molar-refractivity contribution in [2.45, 2.75) is 70.1 Å². The van der Waals surface area contributed by atoms with Crippen molar-refractivity contribution in [1.29, 1.82) is 0 Å². The number of nitrogens with one attached hydrogen (secondary N) is 1. The molecule has 2 heteroatoms. The highest BCUT2D eigenvalue weighted by Crippen LogP contribution is 2.37. The molecule has 2 aliphatic rings. The van der Waals surface area contributed by atoms with E-state index >= 15 is 0 Å². The van der Waals surface area contributed by atoms with Gasteiger partial charge in [-0.15, -0.1) is 0 Å². The van der Waals surface area contributed by atoms with Gasteiger partial charge in [-0.1, -0.05) is 26.7 Å². The lowest BCUT2D eigenvalue weighted by Gasteiger charge is -2.34. The Morgan fingerprint density at radius 2 is 2.12 bits per heavy atom. The van der Waals surface area contributed by atoms with E-state index in [1.54, 1.807) is 0 Å². The second-order valence-corrected chi connectivity index (χ2v) is 8.33. The molecule has 3 atom stereocenters. The van der Waals surface area contributed by atoms with E-state index in [0.717, 1.165) is 17.9 Å². The van der Waals surface area contributed by atoms with Crippen molar-refractivity contribution in [3.05, 3.63) is 0 Å². The van der Waals surface area contributed by atoms with Gasteiger partial charge in [-0.25, -0.2) is 0 Å². The molecule has 2 fully saturated rings. The first-order valence-corrected chi connectivity index (χ1v) is 8.45. The van der Waals surface area contributed by atoms with E-state index in [9.17, 15) is 0 Å². The monoisotopic (exact) mass is 255 g/mol. The van der Waals surface area contributed by atoms with Crippen molar-refractivity contribution in [3.63, 3.8) is 0 Å². The van der Waals surface area contributed by atoms with Crippen LogP contribution in [0.5, 0.6) is 0 Å². The van der Waals surface area contributed by atoms with Gasteiger partial charge in [-0.3, -0.25) is 0 Å². The van der Waals surface area contributed by atoms with Gasteiger partial charge in [0.15, 0.2) is 0 Å². The minimum absolute atomic E-state index is 0.533. The third kappa shape index (κ3) is 3.89. The van der Waals surface area contributed by atoms with Crippen LogP contribution in [0.2, 0.25) is 0 Å². The summed E-state index contributed by atoms with van der Waals surface area (Å²) in [5.74, 6) is 3.21. The summed E-state index contributed by atoms with van der Waals surface area (Å²) in [5, 5.41) is 3.87. The zero-order valence-corrected chi connectivity index (χ0v) is 12.6. The molecule has 3 unspecified atom stereocenters. The Morgan fingerprint density at radius 3 is 2.76 bits per heavy atom. The third-order valence-electron chi connectivity index (χ3n) is 4.72. The number of rotatable bonds is 4. The van der Waals surface area contributed by atoms with Crippen LogP contribution >= 0.6 is 11.8 Å². The fourth-order valence-corrected chi connectivity index (χ4v) is 4.61. The summed E-state index contributed by atoms with van der Waals surface area (Å²) >= 11 is 2.18. The van der Waals surface area contributed by atoms with E-state index in [1.165, 1.54) is 50.8 Å². The summed E-state index contributed by atoms with van der Waals surface area (Å²) in [6.07, 6.45) is 8.54. The van der Waals surface area contributed by atoms with Crippen molar-refractivity contribution in [3.8, 4) is 0 Å². The number of thioether (sulfide) groups is 1. The second kappa shape index (κ2) is 5.97. The zero-order valence-electron chi connectivity index (χ0n) is 11.8. The Balaban J connectivity index is 1.75. The molecule has 0 amide bonds. The lowest BCUT2D eigenvalue weighted by molar-refractivity contribution is 0.229. The fourth-order valence-electron chi connectivity index (χ4n) is 3.35. The van der Waals surface area contributed by atoms with Gasteiger partial charge >= 0.3 is 0 Å². The van der Waals surface area contributed by atoms with Crippen molar-refractivity contribution >= 4 is 11.8 Å². The Bertz CT molecular complexity index is 233. The van der Waals surface area contributed by atoms with E-state index < -0.39 is 0 Å². The molecular weight excluding hydrogens is 226 g/mol. The van der Waals surface area contributed by atoms with Crippen LogP contribution in [0.15, 0.2) is 0 Å². The first kappa shape index (κ1) is 13.7. The molecule has 0 spiro atoms. The number of hydrogen-bond donors (Lipinski definition) is 1. The van der Waals surface area contributed by atoms with Gasteiger partial charge in [-0.2, -0.15) is 11.8 Å². The summed E-state index contributed by atoms with van der Waals surface area (Å²) in [5.41, 5.74) is 0. The van der Waals surface area contributed by atoms with Crippen LogP contribution in [-0.4, -0.2) is 23.1 Å². The van der Waals surface area contributed by atoms with Gasteiger partial charge in [0.05, 0.1) is 0 Å². The van der Waals surface area contributed by atoms with Crippen LogP contribution in [-0.2, 0) is 0 Å². The van der Waals surface area contributed by atoms with E-state index in [4.69, 9.17) is 0 Å². The van der Waals surface area contributed by atoms with Crippen molar-refractivity contribution < 1.29 is 0 Å². The second-order valence-electron chi connectivity index (χ2n) is 6.65. The quantitative estimate of drug-likeness (QED) is 0.812. The lowest BCUT2D eigenvalue weighted by atomic mass is 9.79. The van der Waals surface area contributed by atoms with Gasteiger partial charge in [0.1, 0.15) is 0 Å². The van der Waals surface area contributed by atoms with E-state index in [0.29, 0.717) is 4.75 Å². The van der Waals surface area contributed by atoms with Gasteiger partial charge < -0.3 is 5.32 Å². The molecule has 1 N–H and O–H groups in total. The highest BCUT2D eigenvalue weighted by Gasteiger charge is 2.31. The first-order valence-electron chi connectivity index (χ1n) is 7.46. The van der Waals surface area contributed by atoms with Crippen molar-refractivity contribution in [1.82, 2.24) is 5.32 Å². The summed E-state index contributed by atoms with van der Waals surface area (Å²) in [6, 6.07) is 0.800. The van der Waals surface area contributed by atoms with Crippen molar-refractivity contribution in [2.75, 3.05) is 12.3 Å².